The number of alkyl carbamates (subject to hydrolysis) is 1. The first-order valence-corrected chi connectivity index (χ1v) is 9.52. The zero-order valence-electron chi connectivity index (χ0n) is 17.1. The Morgan fingerprint density at radius 1 is 1.07 bits per heavy atom. The van der Waals surface area contributed by atoms with Gasteiger partial charge < -0.3 is 31.3 Å². The fourth-order valence-corrected chi connectivity index (χ4v) is 2.55. The number of amides is 2. The average molecular weight is 409 g/mol. The first-order chi connectivity index (χ1) is 13.5. The number of carboxylic acids is 1. The second-order valence-electron chi connectivity index (χ2n) is 7.75. The second-order valence-corrected chi connectivity index (χ2v) is 7.75. The van der Waals surface area contributed by atoms with Crippen molar-refractivity contribution < 1.29 is 29.3 Å². The Morgan fingerprint density at radius 2 is 1.69 bits per heavy atom. The summed E-state index contributed by atoms with van der Waals surface area (Å²) in [6.07, 6.45) is 0.822. The molecule has 6 N–H and O–H groups in total. The van der Waals surface area contributed by atoms with Crippen molar-refractivity contribution in [2.24, 2.45) is 5.73 Å². The van der Waals surface area contributed by atoms with Gasteiger partial charge in [-0.15, -0.1) is 0 Å². The summed E-state index contributed by atoms with van der Waals surface area (Å²) < 4.78 is 5.19. The van der Waals surface area contributed by atoms with E-state index in [-0.39, 0.29) is 12.2 Å². The Bertz CT molecular complexity index is 684. The van der Waals surface area contributed by atoms with E-state index in [1.165, 1.54) is 12.1 Å². The maximum Gasteiger partial charge on any atom is 0.408 e. The molecule has 0 heterocycles. The van der Waals surface area contributed by atoms with Gasteiger partial charge >= 0.3 is 12.1 Å². The number of aromatic hydroxyl groups is 1. The van der Waals surface area contributed by atoms with Gasteiger partial charge in [0.15, 0.2) is 0 Å². The van der Waals surface area contributed by atoms with Crippen LogP contribution in [0.1, 0.15) is 45.6 Å². The number of rotatable bonds is 10. The Hall–Kier alpha value is -2.81. The highest BCUT2D eigenvalue weighted by molar-refractivity contribution is 5.89. The van der Waals surface area contributed by atoms with E-state index >= 15 is 0 Å². The van der Waals surface area contributed by atoms with E-state index in [1.54, 1.807) is 32.9 Å². The number of nitrogens with one attached hydrogen (secondary N) is 2. The van der Waals surface area contributed by atoms with E-state index in [0.717, 1.165) is 0 Å². The summed E-state index contributed by atoms with van der Waals surface area (Å²) >= 11 is 0. The predicted molar refractivity (Wildman–Crippen MR) is 107 cm³/mol. The van der Waals surface area contributed by atoms with Gasteiger partial charge in [0.2, 0.25) is 5.91 Å². The molecule has 0 saturated carbocycles. The van der Waals surface area contributed by atoms with Crippen LogP contribution in [0.2, 0.25) is 0 Å². The van der Waals surface area contributed by atoms with Gasteiger partial charge in [-0.05, 0) is 64.3 Å². The number of unbranched alkanes of at least 4 members (excludes halogenated alkanes) is 1. The lowest BCUT2D eigenvalue weighted by molar-refractivity contribution is -0.142. The molecule has 1 aromatic rings. The lowest BCUT2D eigenvalue weighted by Crippen LogP contribution is -2.52. The number of carbonyl (C=O) groups is 3. The molecule has 1 aromatic carbocycles. The molecule has 0 aliphatic heterocycles. The molecule has 0 fully saturated rings. The van der Waals surface area contributed by atoms with Crippen LogP contribution in [0.25, 0.3) is 0 Å². The minimum Gasteiger partial charge on any atom is -0.508 e. The second kappa shape index (κ2) is 11.3. The molecule has 0 aliphatic rings. The normalized spacial score (nSPS) is 13.2. The number of aliphatic carboxylic acids is 1. The highest BCUT2D eigenvalue weighted by Crippen LogP contribution is 2.12. The highest BCUT2D eigenvalue weighted by Gasteiger charge is 2.28. The lowest BCUT2D eigenvalue weighted by Gasteiger charge is -2.24. The molecule has 0 spiro atoms. The van der Waals surface area contributed by atoms with Crippen LogP contribution in [0.15, 0.2) is 24.3 Å². The number of benzene rings is 1. The van der Waals surface area contributed by atoms with Crippen molar-refractivity contribution in [2.45, 2.75) is 64.1 Å². The van der Waals surface area contributed by atoms with E-state index in [9.17, 15) is 24.6 Å². The van der Waals surface area contributed by atoms with Crippen LogP contribution >= 0.6 is 0 Å². The Balaban J connectivity index is 2.83. The Morgan fingerprint density at radius 3 is 2.21 bits per heavy atom. The molecular formula is C20H31N3O6. The first-order valence-electron chi connectivity index (χ1n) is 9.52. The number of phenols is 1. The standard InChI is InChI=1S/C20H31N3O6/c1-20(2,3)29-19(28)23-15(6-4-5-11-21)17(25)22-16(18(26)27)12-13-7-9-14(24)10-8-13/h7-10,15-16,24H,4-6,11-12,21H2,1-3H3,(H,22,25)(H,23,28)(H,26,27)/t15-,16-/m0/s1. The summed E-state index contributed by atoms with van der Waals surface area (Å²) in [6.45, 7) is 5.55. The minimum atomic E-state index is -1.20. The molecule has 0 bridgehead atoms. The van der Waals surface area contributed by atoms with Gasteiger partial charge in [-0.2, -0.15) is 0 Å². The fourth-order valence-electron chi connectivity index (χ4n) is 2.55. The lowest BCUT2D eigenvalue weighted by atomic mass is 10.0. The van der Waals surface area contributed by atoms with Crippen LogP contribution in [0.4, 0.5) is 4.79 Å². The number of ether oxygens (including phenoxy) is 1. The van der Waals surface area contributed by atoms with E-state index in [2.05, 4.69) is 10.6 Å². The molecule has 29 heavy (non-hydrogen) atoms. The molecule has 0 radical (unpaired) electrons. The van der Waals surface area contributed by atoms with Crippen molar-refractivity contribution in [1.82, 2.24) is 10.6 Å². The number of nitrogens with two attached hydrogens (primary N) is 1. The zero-order chi connectivity index (χ0) is 22.0. The van der Waals surface area contributed by atoms with Crippen LogP contribution in [0.3, 0.4) is 0 Å². The van der Waals surface area contributed by atoms with Crippen molar-refractivity contribution in [3.8, 4) is 5.75 Å². The van der Waals surface area contributed by atoms with Crippen molar-refractivity contribution in [2.75, 3.05) is 6.54 Å². The zero-order valence-corrected chi connectivity index (χ0v) is 17.1. The van der Waals surface area contributed by atoms with Crippen molar-refractivity contribution in [1.29, 1.82) is 0 Å². The SMILES string of the molecule is CC(C)(C)OC(=O)N[C@@H](CCCCN)C(=O)N[C@@H](Cc1ccc(O)cc1)C(=O)O. The number of carboxylic acid groups (broad SMARTS) is 1. The molecule has 0 unspecified atom stereocenters. The van der Waals surface area contributed by atoms with E-state index in [1.807, 2.05) is 0 Å². The monoisotopic (exact) mass is 409 g/mol. The summed E-state index contributed by atoms with van der Waals surface area (Å²) in [6, 6.07) is 3.90. The fraction of sp³-hybridized carbons (Fsp3) is 0.550. The van der Waals surface area contributed by atoms with Crippen LogP contribution < -0.4 is 16.4 Å². The van der Waals surface area contributed by atoms with Crippen molar-refractivity contribution in [3.05, 3.63) is 29.8 Å². The van der Waals surface area contributed by atoms with E-state index < -0.39 is 35.7 Å². The first kappa shape index (κ1) is 24.2. The number of hydrogen-bond donors (Lipinski definition) is 5. The molecule has 0 saturated heterocycles. The van der Waals surface area contributed by atoms with Crippen LogP contribution in [-0.4, -0.2) is 52.4 Å². The largest absolute Gasteiger partial charge is 0.508 e. The van der Waals surface area contributed by atoms with Gasteiger partial charge in [0.25, 0.3) is 0 Å². The van der Waals surface area contributed by atoms with Gasteiger partial charge in [-0.3, -0.25) is 4.79 Å². The van der Waals surface area contributed by atoms with Crippen molar-refractivity contribution in [3.63, 3.8) is 0 Å². The number of carbonyl (C=O) groups excluding carboxylic acids is 2. The van der Waals surface area contributed by atoms with Crippen LogP contribution in [0.5, 0.6) is 5.75 Å². The summed E-state index contributed by atoms with van der Waals surface area (Å²) in [7, 11) is 0. The third-order valence-electron chi connectivity index (χ3n) is 3.95. The third kappa shape index (κ3) is 9.79. The topological polar surface area (TPSA) is 151 Å². The van der Waals surface area contributed by atoms with Crippen molar-refractivity contribution >= 4 is 18.0 Å². The van der Waals surface area contributed by atoms with Gasteiger partial charge in [-0.25, -0.2) is 9.59 Å². The molecule has 1 rings (SSSR count). The molecule has 162 valence electrons. The quantitative estimate of drug-likeness (QED) is 0.368. The summed E-state index contributed by atoms with van der Waals surface area (Å²) in [4.78, 5) is 36.4. The molecule has 9 heteroatoms. The molecule has 9 nitrogen and oxygen atoms in total. The highest BCUT2D eigenvalue weighted by atomic mass is 16.6. The molecule has 2 atom stereocenters. The maximum atomic E-state index is 12.7. The maximum absolute atomic E-state index is 12.7. The Labute approximate surface area is 170 Å². The average Bonchev–Trinajstić information content (AvgIpc) is 2.60. The van der Waals surface area contributed by atoms with E-state index in [0.29, 0.717) is 31.4 Å². The predicted octanol–water partition coefficient (Wildman–Crippen LogP) is 1.53. The summed E-state index contributed by atoms with van der Waals surface area (Å²) in [5.41, 5.74) is 5.39. The van der Waals surface area contributed by atoms with Crippen LogP contribution in [-0.2, 0) is 20.7 Å². The Kier molecular flexibility index (Phi) is 9.40. The van der Waals surface area contributed by atoms with Gasteiger partial charge in [0, 0.05) is 6.42 Å². The van der Waals surface area contributed by atoms with Gasteiger partial charge in [0.1, 0.15) is 23.4 Å². The summed E-state index contributed by atoms with van der Waals surface area (Å²) in [5, 5.41) is 23.8. The smallest absolute Gasteiger partial charge is 0.408 e. The molecular weight excluding hydrogens is 378 g/mol. The van der Waals surface area contributed by atoms with Crippen LogP contribution in [0, 0.1) is 0 Å². The van der Waals surface area contributed by atoms with Gasteiger partial charge in [0.05, 0.1) is 0 Å². The summed E-state index contributed by atoms with van der Waals surface area (Å²) in [5.74, 6) is -1.75. The van der Waals surface area contributed by atoms with E-state index in [4.69, 9.17) is 10.5 Å². The third-order valence-corrected chi connectivity index (χ3v) is 3.95. The van der Waals surface area contributed by atoms with Gasteiger partial charge in [-0.1, -0.05) is 12.1 Å². The molecule has 2 amide bonds. The molecule has 0 aromatic heterocycles. The number of phenolic OH excluding ortho intramolecular Hbond substituents is 1. The minimum absolute atomic E-state index is 0.0311. The molecule has 0 aliphatic carbocycles. The number of hydrogen-bond acceptors (Lipinski definition) is 6.